The Bertz CT molecular complexity index is 441. The van der Waals surface area contributed by atoms with Crippen LogP contribution < -0.4 is 15.4 Å². The van der Waals surface area contributed by atoms with E-state index in [1.807, 2.05) is 13.8 Å². The molecule has 0 fully saturated rings. The maximum atomic E-state index is 13.7. The smallest absolute Gasteiger partial charge is 0.167 e. The van der Waals surface area contributed by atoms with E-state index in [-0.39, 0.29) is 18.5 Å². The molecule has 0 saturated heterocycles. The van der Waals surface area contributed by atoms with E-state index in [1.54, 1.807) is 18.0 Å². The lowest BCUT2D eigenvalue weighted by Gasteiger charge is -2.25. The summed E-state index contributed by atoms with van der Waals surface area (Å²) < 4.78 is 24.0. The van der Waals surface area contributed by atoms with Gasteiger partial charge in [-0.1, -0.05) is 0 Å². The second-order valence-corrected chi connectivity index (χ2v) is 5.00. The number of nitrogens with zero attached hydrogens (tertiary/aromatic N) is 1. The largest absolute Gasteiger partial charge is 0.488 e. The molecule has 1 aromatic carbocycles. The quantitative estimate of drug-likeness (QED) is 0.746. The van der Waals surface area contributed by atoms with Gasteiger partial charge in [0, 0.05) is 32.8 Å². The highest BCUT2D eigenvalue weighted by molar-refractivity contribution is 5.69. The van der Waals surface area contributed by atoms with Crippen molar-refractivity contribution in [2.75, 3.05) is 37.9 Å². The van der Waals surface area contributed by atoms with E-state index in [2.05, 4.69) is 0 Å². The first-order chi connectivity index (χ1) is 9.35. The van der Waals surface area contributed by atoms with Crippen LogP contribution in [0.15, 0.2) is 12.1 Å². The molecule has 0 aliphatic heterocycles. The summed E-state index contributed by atoms with van der Waals surface area (Å²) in [6.45, 7) is 4.19. The number of likely N-dealkylation sites (N-methyl/N-ethyl adjacent to an activating group) is 1. The molecule has 0 saturated carbocycles. The van der Waals surface area contributed by atoms with Crippen molar-refractivity contribution in [3.8, 4) is 5.75 Å². The average molecular weight is 286 g/mol. The van der Waals surface area contributed by atoms with E-state index in [4.69, 9.17) is 15.2 Å². The van der Waals surface area contributed by atoms with E-state index in [0.717, 1.165) is 0 Å². The molecule has 0 heterocycles. The normalized spacial score (nSPS) is 12.6. The number of nitrogen functional groups attached to an aromatic ring is 1. The number of hydrogen-bond acceptors (Lipinski definition) is 5. The zero-order chi connectivity index (χ0) is 15.3. The lowest BCUT2D eigenvalue weighted by atomic mass is 10.2. The minimum absolute atomic E-state index is 0.134. The van der Waals surface area contributed by atoms with Gasteiger partial charge in [0.2, 0.25) is 0 Å². The lowest BCUT2D eigenvalue weighted by Crippen LogP contribution is -2.32. The van der Waals surface area contributed by atoms with E-state index in [1.165, 1.54) is 13.2 Å². The molecule has 1 atom stereocenters. The molecular formula is C14H23FN2O3. The number of aliphatic hydroxyl groups excluding tert-OH is 1. The van der Waals surface area contributed by atoms with Gasteiger partial charge >= 0.3 is 0 Å². The monoisotopic (exact) mass is 286 g/mol. The standard InChI is InChI=1S/C14H23FN2O3/c1-9(2)20-14-6-13(12(16)5-11(14)15)17(3)7-10(18)8-19-4/h5-6,9-10,18H,7-8,16H2,1-4H3. The van der Waals surface area contributed by atoms with Crippen LogP contribution in [-0.4, -0.2) is 44.6 Å². The van der Waals surface area contributed by atoms with Gasteiger partial charge in [0.05, 0.1) is 30.2 Å². The minimum atomic E-state index is -0.649. The molecular weight excluding hydrogens is 263 g/mol. The van der Waals surface area contributed by atoms with Crippen LogP contribution in [0.5, 0.6) is 5.75 Å². The molecule has 0 radical (unpaired) electrons. The van der Waals surface area contributed by atoms with Crippen LogP contribution in [-0.2, 0) is 4.74 Å². The van der Waals surface area contributed by atoms with E-state index < -0.39 is 11.9 Å². The summed E-state index contributed by atoms with van der Waals surface area (Å²) in [5.41, 5.74) is 6.73. The number of methoxy groups -OCH3 is 1. The molecule has 114 valence electrons. The van der Waals surface area contributed by atoms with E-state index in [0.29, 0.717) is 17.9 Å². The summed E-state index contributed by atoms with van der Waals surface area (Å²) in [6, 6.07) is 2.77. The Kier molecular flexibility index (Phi) is 6.04. The van der Waals surface area contributed by atoms with Gasteiger partial charge in [0.15, 0.2) is 11.6 Å². The van der Waals surface area contributed by atoms with Crippen LogP contribution in [0.3, 0.4) is 0 Å². The Balaban J connectivity index is 2.93. The van der Waals surface area contributed by atoms with Crippen molar-refractivity contribution in [2.45, 2.75) is 26.1 Å². The molecule has 0 spiro atoms. The lowest BCUT2D eigenvalue weighted by molar-refractivity contribution is 0.0695. The van der Waals surface area contributed by atoms with Crippen molar-refractivity contribution in [1.29, 1.82) is 0 Å². The fraction of sp³-hybridized carbons (Fsp3) is 0.571. The van der Waals surface area contributed by atoms with Gasteiger partial charge in [-0.3, -0.25) is 0 Å². The summed E-state index contributed by atoms with van der Waals surface area (Å²) in [6.07, 6.45) is -0.783. The Hall–Kier alpha value is -1.53. The Morgan fingerprint density at radius 2 is 2.05 bits per heavy atom. The van der Waals surface area contributed by atoms with E-state index >= 15 is 0 Å². The van der Waals surface area contributed by atoms with Gasteiger partial charge < -0.3 is 25.2 Å². The summed E-state index contributed by atoms with van der Waals surface area (Å²) in [5, 5.41) is 9.73. The van der Waals surface area contributed by atoms with Crippen molar-refractivity contribution < 1.29 is 19.0 Å². The molecule has 5 nitrogen and oxygen atoms in total. The second-order valence-electron chi connectivity index (χ2n) is 5.00. The van der Waals surface area contributed by atoms with E-state index in [9.17, 15) is 9.50 Å². The van der Waals surface area contributed by atoms with Crippen molar-refractivity contribution in [1.82, 2.24) is 0 Å². The number of aliphatic hydroxyl groups is 1. The maximum absolute atomic E-state index is 13.7. The zero-order valence-electron chi connectivity index (χ0n) is 12.4. The molecule has 6 heteroatoms. The van der Waals surface area contributed by atoms with Crippen LogP contribution in [0.4, 0.5) is 15.8 Å². The topological polar surface area (TPSA) is 68.0 Å². The number of benzene rings is 1. The summed E-state index contributed by atoms with van der Waals surface area (Å²) in [4.78, 5) is 1.74. The van der Waals surface area contributed by atoms with Crippen molar-refractivity contribution in [3.05, 3.63) is 17.9 Å². The molecule has 1 unspecified atom stereocenters. The van der Waals surface area contributed by atoms with Gasteiger partial charge in [-0.2, -0.15) is 0 Å². The van der Waals surface area contributed by atoms with Crippen LogP contribution in [0, 0.1) is 5.82 Å². The van der Waals surface area contributed by atoms with Gasteiger partial charge in [0.25, 0.3) is 0 Å². The third-order valence-electron chi connectivity index (χ3n) is 2.70. The fourth-order valence-electron chi connectivity index (χ4n) is 1.89. The average Bonchev–Trinajstić information content (AvgIpc) is 2.32. The first-order valence-corrected chi connectivity index (χ1v) is 6.49. The second kappa shape index (κ2) is 7.31. The third kappa shape index (κ3) is 4.54. The van der Waals surface area contributed by atoms with Gasteiger partial charge in [-0.15, -0.1) is 0 Å². The zero-order valence-corrected chi connectivity index (χ0v) is 12.4. The number of halogens is 1. The van der Waals surface area contributed by atoms with Gasteiger partial charge in [-0.25, -0.2) is 4.39 Å². The number of anilines is 2. The first-order valence-electron chi connectivity index (χ1n) is 6.49. The van der Waals surface area contributed by atoms with Crippen molar-refractivity contribution in [3.63, 3.8) is 0 Å². The van der Waals surface area contributed by atoms with Crippen LogP contribution >= 0.6 is 0 Å². The number of rotatable bonds is 7. The fourth-order valence-corrected chi connectivity index (χ4v) is 1.89. The van der Waals surface area contributed by atoms with Crippen LogP contribution in [0.1, 0.15) is 13.8 Å². The minimum Gasteiger partial charge on any atom is -0.488 e. The SMILES string of the molecule is COCC(O)CN(C)c1cc(OC(C)C)c(F)cc1N. The first kappa shape index (κ1) is 16.5. The highest BCUT2D eigenvalue weighted by atomic mass is 19.1. The summed E-state index contributed by atoms with van der Waals surface area (Å²) >= 11 is 0. The van der Waals surface area contributed by atoms with Crippen molar-refractivity contribution in [2.24, 2.45) is 0 Å². The highest BCUT2D eigenvalue weighted by Crippen LogP contribution is 2.31. The molecule has 1 aromatic rings. The molecule has 0 aromatic heterocycles. The molecule has 0 amide bonds. The Morgan fingerprint density at radius 1 is 1.40 bits per heavy atom. The molecule has 20 heavy (non-hydrogen) atoms. The number of nitrogens with two attached hydrogens (primary N) is 1. The molecule has 0 aliphatic rings. The van der Waals surface area contributed by atoms with Gasteiger partial charge in [-0.05, 0) is 13.8 Å². The van der Waals surface area contributed by atoms with Gasteiger partial charge in [0.1, 0.15) is 0 Å². The summed E-state index contributed by atoms with van der Waals surface area (Å²) in [7, 11) is 3.28. The Morgan fingerprint density at radius 3 is 2.60 bits per heavy atom. The molecule has 3 N–H and O–H groups in total. The van der Waals surface area contributed by atoms with Crippen LogP contribution in [0.25, 0.3) is 0 Å². The summed E-state index contributed by atoms with van der Waals surface area (Å²) in [5.74, 6) is -0.344. The molecule has 0 bridgehead atoms. The highest BCUT2D eigenvalue weighted by Gasteiger charge is 2.15. The maximum Gasteiger partial charge on any atom is 0.167 e. The predicted molar refractivity (Wildman–Crippen MR) is 77.7 cm³/mol. The number of hydrogen-bond donors (Lipinski definition) is 2. The number of ether oxygens (including phenoxy) is 2. The third-order valence-corrected chi connectivity index (χ3v) is 2.70. The predicted octanol–water partition coefficient (Wildman–Crippen LogP) is 1.64. The molecule has 1 rings (SSSR count). The van der Waals surface area contributed by atoms with Crippen LogP contribution in [0.2, 0.25) is 0 Å². The molecule has 0 aliphatic carbocycles. The Labute approximate surface area is 119 Å². The van der Waals surface area contributed by atoms with Crippen molar-refractivity contribution >= 4 is 11.4 Å².